The molecule has 0 aliphatic carbocycles. The Morgan fingerprint density at radius 2 is 1.89 bits per heavy atom. The molecule has 1 N–H and O–H groups in total. The maximum absolute atomic E-state index is 13.6. The summed E-state index contributed by atoms with van der Waals surface area (Å²) in [6.07, 6.45) is -1.000. The van der Waals surface area contributed by atoms with Crippen molar-refractivity contribution in [3.63, 3.8) is 0 Å². The molecule has 2 rings (SSSR count). The van der Waals surface area contributed by atoms with Gasteiger partial charge in [0.05, 0.1) is 16.1 Å². The summed E-state index contributed by atoms with van der Waals surface area (Å²) >= 11 is 3.04. The van der Waals surface area contributed by atoms with E-state index in [0.717, 1.165) is 0 Å². The average molecular weight is 329 g/mol. The molecule has 0 amide bonds. The first kappa shape index (κ1) is 14.0. The fourth-order valence-electron chi connectivity index (χ4n) is 1.68. The Balaban J connectivity index is 2.38. The van der Waals surface area contributed by atoms with Crippen LogP contribution in [0.1, 0.15) is 18.6 Å². The van der Waals surface area contributed by atoms with E-state index in [1.807, 2.05) is 0 Å². The maximum Gasteiger partial charge on any atom is 0.137 e. The quantitative estimate of drug-likeness (QED) is 0.894. The lowest BCUT2D eigenvalue weighted by Gasteiger charge is -2.14. The molecule has 5 heteroatoms. The molecule has 0 bridgehead atoms. The highest BCUT2D eigenvalue weighted by atomic mass is 79.9. The van der Waals surface area contributed by atoms with E-state index >= 15 is 0 Å². The van der Waals surface area contributed by atoms with Gasteiger partial charge in [0, 0.05) is 0 Å². The highest BCUT2D eigenvalue weighted by Crippen LogP contribution is 2.32. The van der Waals surface area contributed by atoms with Crippen molar-refractivity contribution in [2.24, 2.45) is 0 Å². The zero-order valence-electron chi connectivity index (χ0n) is 10.0. The van der Waals surface area contributed by atoms with Crippen LogP contribution in [0.2, 0.25) is 0 Å². The predicted molar refractivity (Wildman–Crippen MR) is 71.2 cm³/mol. The molecule has 1 atom stereocenters. The molecule has 0 aliphatic rings. The number of ether oxygens (including phenoxy) is 1. The number of hydrogen-bond acceptors (Lipinski definition) is 2. The second-order valence-electron chi connectivity index (χ2n) is 4.01. The Hall–Kier alpha value is -1.46. The van der Waals surface area contributed by atoms with E-state index in [-0.39, 0.29) is 15.8 Å². The van der Waals surface area contributed by atoms with Gasteiger partial charge in [-0.2, -0.15) is 0 Å². The van der Waals surface area contributed by atoms with Crippen molar-refractivity contribution >= 4 is 15.9 Å². The Morgan fingerprint density at radius 1 is 1.16 bits per heavy atom. The molecular weight excluding hydrogens is 318 g/mol. The third-order valence-corrected chi connectivity index (χ3v) is 3.16. The van der Waals surface area contributed by atoms with Crippen LogP contribution in [0.15, 0.2) is 40.9 Å². The molecule has 0 unspecified atom stereocenters. The van der Waals surface area contributed by atoms with Crippen LogP contribution in [0, 0.1) is 11.6 Å². The normalized spacial score (nSPS) is 12.3. The highest BCUT2D eigenvalue weighted by molar-refractivity contribution is 9.10. The van der Waals surface area contributed by atoms with Gasteiger partial charge in [0.25, 0.3) is 0 Å². The van der Waals surface area contributed by atoms with Crippen molar-refractivity contribution < 1.29 is 18.6 Å². The van der Waals surface area contributed by atoms with Crippen molar-refractivity contribution in [1.29, 1.82) is 0 Å². The van der Waals surface area contributed by atoms with Crippen molar-refractivity contribution in [1.82, 2.24) is 0 Å². The SMILES string of the molecule is C[C@@H](O)c1c(F)cccc1Oc1ccc(F)c(Br)c1. The summed E-state index contributed by atoms with van der Waals surface area (Å²) in [6.45, 7) is 1.45. The van der Waals surface area contributed by atoms with Crippen molar-refractivity contribution in [2.75, 3.05) is 0 Å². The highest BCUT2D eigenvalue weighted by Gasteiger charge is 2.15. The maximum atomic E-state index is 13.6. The molecule has 2 nitrogen and oxygen atoms in total. The lowest BCUT2D eigenvalue weighted by molar-refractivity contribution is 0.190. The van der Waals surface area contributed by atoms with Crippen molar-refractivity contribution in [2.45, 2.75) is 13.0 Å². The topological polar surface area (TPSA) is 29.5 Å². The summed E-state index contributed by atoms with van der Waals surface area (Å²) in [6, 6.07) is 8.37. The van der Waals surface area contributed by atoms with E-state index in [1.54, 1.807) is 6.07 Å². The second kappa shape index (κ2) is 5.67. The predicted octanol–water partition coefficient (Wildman–Crippen LogP) is 4.57. The molecule has 0 saturated heterocycles. The first-order chi connectivity index (χ1) is 8.99. The van der Waals surface area contributed by atoms with Crippen LogP contribution in [-0.4, -0.2) is 5.11 Å². The van der Waals surface area contributed by atoms with Gasteiger partial charge >= 0.3 is 0 Å². The van der Waals surface area contributed by atoms with Crippen LogP contribution in [-0.2, 0) is 0 Å². The summed E-state index contributed by atoms with van der Waals surface area (Å²) < 4.78 is 32.5. The number of aliphatic hydroxyl groups excluding tert-OH is 1. The van der Waals surface area contributed by atoms with Gasteiger partial charge in [-0.25, -0.2) is 8.78 Å². The zero-order valence-corrected chi connectivity index (χ0v) is 11.6. The molecule has 2 aromatic carbocycles. The minimum atomic E-state index is -1.000. The first-order valence-electron chi connectivity index (χ1n) is 5.58. The average Bonchev–Trinajstić information content (AvgIpc) is 2.33. The third-order valence-electron chi connectivity index (χ3n) is 2.55. The fourth-order valence-corrected chi connectivity index (χ4v) is 2.04. The summed E-state index contributed by atoms with van der Waals surface area (Å²) in [5.41, 5.74) is 0.0722. The van der Waals surface area contributed by atoms with Crippen LogP contribution >= 0.6 is 15.9 Å². The van der Waals surface area contributed by atoms with E-state index in [4.69, 9.17) is 4.74 Å². The van der Waals surface area contributed by atoms with E-state index in [1.165, 1.54) is 37.3 Å². The van der Waals surface area contributed by atoms with Crippen LogP contribution in [0.25, 0.3) is 0 Å². The Bertz CT molecular complexity index is 600. The first-order valence-corrected chi connectivity index (χ1v) is 6.37. The van der Waals surface area contributed by atoms with Gasteiger partial charge in [-0.05, 0) is 53.2 Å². The van der Waals surface area contributed by atoms with Gasteiger partial charge in [0.1, 0.15) is 23.1 Å². The van der Waals surface area contributed by atoms with Crippen LogP contribution in [0.5, 0.6) is 11.5 Å². The van der Waals surface area contributed by atoms with Crippen LogP contribution in [0.4, 0.5) is 8.78 Å². The van der Waals surface area contributed by atoms with Gasteiger partial charge in [-0.1, -0.05) is 6.07 Å². The van der Waals surface area contributed by atoms with Crippen molar-refractivity contribution in [3.05, 3.63) is 58.1 Å². The summed E-state index contributed by atoms with van der Waals surface area (Å²) in [4.78, 5) is 0. The number of aliphatic hydroxyl groups is 1. The standard InChI is InChI=1S/C14H11BrF2O2/c1-8(18)14-12(17)3-2-4-13(14)19-9-5-6-11(16)10(15)7-9/h2-8,18H,1H3/t8-/m1/s1. The van der Waals surface area contributed by atoms with Crippen molar-refractivity contribution in [3.8, 4) is 11.5 Å². The molecule has 2 aromatic rings. The molecule has 0 heterocycles. The monoisotopic (exact) mass is 328 g/mol. The zero-order chi connectivity index (χ0) is 14.0. The van der Waals surface area contributed by atoms with Gasteiger partial charge in [-0.3, -0.25) is 0 Å². The Morgan fingerprint density at radius 3 is 2.53 bits per heavy atom. The molecule has 0 aromatic heterocycles. The molecule has 0 spiro atoms. The minimum Gasteiger partial charge on any atom is -0.457 e. The largest absolute Gasteiger partial charge is 0.457 e. The molecule has 0 saturated carbocycles. The summed E-state index contributed by atoms with van der Waals surface area (Å²) in [5, 5.41) is 9.57. The van der Waals surface area contributed by atoms with E-state index < -0.39 is 17.7 Å². The molecule has 100 valence electrons. The third kappa shape index (κ3) is 3.11. The summed E-state index contributed by atoms with van der Waals surface area (Å²) in [7, 11) is 0. The fraction of sp³-hybridized carbons (Fsp3) is 0.143. The summed E-state index contributed by atoms with van der Waals surface area (Å²) in [5.74, 6) is -0.412. The van der Waals surface area contributed by atoms with Gasteiger partial charge in [0.15, 0.2) is 0 Å². The molecule has 19 heavy (non-hydrogen) atoms. The molecule has 0 fully saturated rings. The van der Waals surface area contributed by atoms with Gasteiger partial charge in [-0.15, -0.1) is 0 Å². The second-order valence-corrected chi connectivity index (χ2v) is 4.86. The Labute approximate surface area is 117 Å². The molecule has 0 aliphatic heterocycles. The van der Waals surface area contributed by atoms with E-state index in [9.17, 15) is 13.9 Å². The van der Waals surface area contributed by atoms with Crippen LogP contribution < -0.4 is 4.74 Å². The number of halogens is 3. The number of rotatable bonds is 3. The smallest absolute Gasteiger partial charge is 0.137 e. The van der Waals surface area contributed by atoms with Gasteiger partial charge in [0.2, 0.25) is 0 Å². The van der Waals surface area contributed by atoms with Crippen LogP contribution in [0.3, 0.4) is 0 Å². The van der Waals surface area contributed by atoms with Gasteiger partial charge < -0.3 is 9.84 Å². The Kier molecular flexibility index (Phi) is 4.17. The minimum absolute atomic E-state index is 0.0722. The lowest BCUT2D eigenvalue weighted by Crippen LogP contribution is -1.99. The van der Waals surface area contributed by atoms with E-state index in [0.29, 0.717) is 5.75 Å². The number of hydrogen-bond donors (Lipinski definition) is 1. The van der Waals surface area contributed by atoms with E-state index in [2.05, 4.69) is 15.9 Å². The molecule has 0 radical (unpaired) electrons. The lowest BCUT2D eigenvalue weighted by atomic mass is 10.1. The molecular formula is C14H11BrF2O2. The number of benzene rings is 2.